The summed E-state index contributed by atoms with van der Waals surface area (Å²) >= 11 is 1.48. The van der Waals surface area contributed by atoms with Crippen molar-refractivity contribution in [2.45, 2.75) is 18.7 Å². The Bertz CT molecular complexity index is 1110. The molecular weight excluding hydrogens is 406 g/mol. The third kappa shape index (κ3) is 5.10. The molecule has 0 bridgehead atoms. The second kappa shape index (κ2) is 9.02. The number of amides is 1. The lowest BCUT2D eigenvalue weighted by atomic mass is 10.1. The topological polar surface area (TPSA) is 78.8 Å². The Morgan fingerprint density at radius 3 is 2.55 bits per heavy atom. The van der Waals surface area contributed by atoms with Gasteiger partial charge in [0.15, 0.2) is 0 Å². The quantitative estimate of drug-likeness (QED) is 0.461. The van der Waals surface area contributed by atoms with Gasteiger partial charge in [0.05, 0.1) is 16.8 Å². The zero-order chi connectivity index (χ0) is 20.9. The first-order chi connectivity index (χ1) is 13.9. The number of nitrogens with one attached hydrogen (secondary N) is 1. The summed E-state index contributed by atoms with van der Waals surface area (Å²) in [6, 6.07) is 17.3. The summed E-state index contributed by atoms with van der Waals surface area (Å²) in [5.41, 5.74) is 4.53. The van der Waals surface area contributed by atoms with E-state index >= 15 is 0 Å². The molecule has 0 aliphatic rings. The molecule has 1 aromatic heterocycles. The van der Waals surface area contributed by atoms with Gasteiger partial charge in [-0.3, -0.25) is 9.10 Å². The van der Waals surface area contributed by atoms with Gasteiger partial charge >= 0.3 is 0 Å². The largest absolute Gasteiger partial charge is 0.271 e. The third-order valence-electron chi connectivity index (χ3n) is 4.18. The first-order valence-corrected chi connectivity index (χ1v) is 11.2. The number of thiophene rings is 1. The predicted molar refractivity (Wildman–Crippen MR) is 117 cm³/mol. The van der Waals surface area contributed by atoms with Gasteiger partial charge in [0.1, 0.15) is 6.54 Å². The molecule has 0 spiro atoms. The second-order valence-electron chi connectivity index (χ2n) is 6.42. The van der Waals surface area contributed by atoms with Crippen LogP contribution in [0.5, 0.6) is 0 Å². The van der Waals surface area contributed by atoms with Gasteiger partial charge in [0.25, 0.3) is 15.9 Å². The molecule has 3 rings (SSSR count). The Balaban J connectivity index is 1.91. The van der Waals surface area contributed by atoms with Crippen LogP contribution in [0.4, 0.5) is 5.69 Å². The number of aryl methyl sites for hydroxylation is 2. The first-order valence-electron chi connectivity index (χ1n) is 8.88. The molecule has 0 saturated carbocycles. The molecule has 0 radical (unpaired) electrons. The molecule has 29 heavy (non-hydrogen) atoms. The van der Waals surface area contributed by atoms with Gasteiger partial charge in [0, 0.05) is 4.88 Å². The van der Waals surface area contributed by atoms with E-state index in [9.17, 15) is 13.2 Å². The molecule has 2 aromatic carbocycles. The van der Waals surface area contributed by atoms with E-state index in [1.165, 1.54) is 29.7 Å². The maximum atomic E-state index is 13.3. The van der Waals surface area contributed by atoms with Crippen molar-refractivity contribution in [3.05, 3.63) is 82.0 Å². The van der Waals surface area contributed by atoms with Crippen LogP contribution in [0.1, 0.15) is 16.0 Å². The molecule has 8 heteroatoms. The lowest BCUT2D eigenvalue weighted by Gasteiger charge is -2.25. The summed E-state index contributed by atoms with van der Waals surface area (Å²) in [5, 5.41) is 5.82. The number of nitrogens with zero attached hydrogens (tertiary/aromatic N) is 2. The minimum absolute atomic E-state index is 0.121. The fraction of sp³-hybridized carbons (Fsp3) is 0.143. The molecule has 3 aromatic rings. The van der Waals surface area contributed by atoms with Crippen LogP contribution >= 0.6 is 11.3 Å². The Hall–Kier alpha value is -2.97. The van der Waals surface area contributed by atoms with Gasteiger partial charge in [-0.25, -0.2) is 13.8 Å². The Morgan fingerprint density at radius 1 is 1.10 bits per heavy atom. The molecule has 150 valence electrons. The summed E-state index contributed by atoms with van der Waals surface area (Å²) in [6.07, 6.45) is 1.52. The van der Waals surface area contributed by atoms with Crippen molar-refractivity contribution < 1.29 is 13.2 Å². The summed E-state index contributed by atoms with van der Waals surface area (Å²) in [4.78, 5) is 13.5. The summed E-state index contributed by atoms with van der Waals surface area (Å²) < 4.78 is 27.7. The molecule has 1 heterocycles. The monoisotopic (exact) mass is 427 g/mol. The number of carbonyl (C=O) groups is 1. The van der Waals surface area contributed by atoms with Crippen LogP contribution in [0.25, 0.3) is 0 Å². The molecule has 0 fully saturated rings. The number of benzene rings is 2. The number of rotatable bonds is 7. The molecule has 0 aliphatic carbocycles. The average molecular weight is 428 g/mol. The highest BCUT2D eigenvalue weighted by molar-refractivity contribution is 7.92. The molecule has 6 nitrogen and oxygen atoms in total. The van der Waals surface area contributed by atoms with Crippen molar-refractivity contribution in [2.75, 3.05) is 10.8 Å². The van der Waals surface area contributed by atoms with E-state index < -0.39 is 15.9 Å². The smallest absolute Gasteiger partial charge is 0.264 e. The van der Waals surface area contributed by atoms with Crippen molar-refractivity contribution in [2.24, 2.45) is 5.10 Å². The minimum Gasteiger partial charge on any atom is -0.271 e. The molecule has 0 unspecified atom stereocenters. The Labute approximate surface area is 174 Å². The zero-order valence-electron chi connectivity index (χ0n) is 16.1. The predicted octanol–water partition coefficient (Wildman–Crippen LogP) is 3.71. The van der Waals surface area contributed by atoms with Gasteiger partial charge in [0.2, 0.25) is 0 Å². The van der Waals surface area contributed by atoms with Crippen LogP contribution in [0, 0.1) is 13.8 Å². The molecule has 1 amide bonds. The van der Waals surface area contributed by atoms with E-state index in [0.717, 1.165) is 20.3 Å². The van der Waals surface area contributed by atoms with Crippen molar-refractivity contribution in [1.29, 1.82) is 0 Å². The van der Waals surface area contributed by atoms with Gasteiger partial charge in [-0.15, -0.1) is 11.3 Å². The van der Waals surface area contributed by atoms with Crippen molar-refractivity contribution in [3.8, 4) is 0 Å². The summed E-state index contributed by atoms with van der Waals surface area (Å²) in [6.45, 7) is 3.31. The third-order valence-corrected chi connectivity index (χ3v) is 6.76. The SMILES string of the molecule is Cc1ccc(C)c(N(CC(=O)N/N=C\c2cccs2)S(=O)(=O)c2ccccc2)c1. The van der Waals surface area contributed by atoms with Gasteiger partial charge in [-0.1, -0.05) is 36.4 Å². The summed E-state index contributed by atoms with van der Waals surface area (Å²) in [7, 11) is -3.93. The minimum atomic E-state index is -3.93. The van der Waals surface area contributed by atoms with Crippen LogP contribution in [0.2, 0.25) is 0 Å². The number of hydrogen-bond donors (Lipinski definition) is 1. The van der Waals surface area contributed by atoms with Crippen LogP contribution in [0.15, 0.2) is 76.0 Å². The van der Waals surface area contributed by atoms with E-state index in [1.54, 1.807) is 24.3 Å². The maximum absolute atomic E-state index is 13.3. The van der Waals surface area contributed by atoms with E-state index in [2.05, 4.69) is 10.5 Å². The van der Waals surface area contributed by atoms with Gasteiger partial charge in [-0.2, -0.15) is 5.10 Å². The Kier molecular flexibility index (Phi) is 6.46. The Morgan fingerprint density at radius 2 is 1.86 bits per heavy atom. The van der Waals surface area contributed by atoms with Gasteiger partial charge in [-0.05, 0) is 54.6 Å². The average Bonchev–Trinajstić information content (AvgIpc) is 3.22. The fourth-order valence-corrected chi connectivity index (χ4v) is 4.79. The fourth-order valence-electron chi connectivity index (χ4n) is 2.71. The molecule has 0 aliphatic heterocycles. The van der Waals surface area contributed by atoms with Crippen LogP contribution in [0.3, 0.4) is 0 Å². The van der Waals surface area contributed by atoms with Crippen LogP contribution in [-0.4, -0.2) is 27.1 Å². The molecule has 0 saturated heterocycles. The standard InChI is InChI=1S/C21H21N3O3S2/c1-16-10-11-17(2)20(13-16)24(29(26,27)19-8-4-3-5-9-19)15-21(25)23-22-14-18-7-6-12-28-18/h3-14H,15H2,1-2H3,(H,23,25)/b22-14-. The normalized spacial score (nSPS) is 11.5. The molecule has 0 atom stereocenters. The number of sulfonamides is 1. The van der Waals surface area contributed by atoms with E-state index in [1.807, 2.05) is 43.5 Å². The van der Waals surface area contributed by atoms with Gasteiger partial charge < -0.3 is 0 Å². The maximum Gasteiger partial charge on any atom is 0.264 e. The zero-order valence-corrected chi connectivity index (χ0v) is 17.7. The lowest BCUT2D eigenvalue weighted by Crippen LogP contribution is -2.40. The highest BCUT2D eigenvalue weighted by atomic mass is 32.2. The highest BCUT2D eigenvalue weighted by Gasteiger charge is 2.28. The number of anilines is 1. The van der Waals surface area contributed by atoms with E-state index in [0.29, 0.717) is 5.69 Å². The second-order valence-corrected chi connectivity index (χ2v) is 9.26. The van der Waals surface area contributed by atoms with Crippen LogP contribution < -0.4 is 9.73 Å². The molecule has 1 N–H and O–H groups in total. The van der Waals surface area contributed by atoms with Crippen molar-refractivity contribution >= 4 is 39.2 Å². The van der Waals surface area contributed by atoms with Crippen molar-refractivity contribution in [3.63, 3.8) is 0 Å². The van der Waals surface area contributed by atoms with Crippen molar-refractivity contribution in [1.82, 2.24) is 5.43 Å². The van der Waals surface area contributed by atoms with Crippen LogP contribution in [-0.2, 0) is 14.8 Å². The number of hydrazone groups is 1. The first kappa shape index (κ1) is 20.8. The number of hydrogen-bond acceptors (Lipinski definition) is 5. The van der Waals surface area contributed by atoms with E-state index in [4.69, 9.17) is 0 Å². The van der Waals surface area contributed by atoms with E-state index in [-0.39, 0.29) is 11.4 Å². The lowest BCUT2D eigenvalue weighted by molar-refractivity contribution is -0.119. The number of carbonyl (C=O) groups excluding carboxylic acids is 1. The highest BCUT2D eigenvalue weighted by Crippen LogP contribution is 2.27. The molecular formula is C21H21N3O3S2. The summed E-state index contributed by atoms with van der Waals surface area (Å²) in [5.74, 6) is -0.529.